The summed E-state index contributed by atoms with van der Waals surface area (Å²) in [6.07, 6.45) is 0. The van der Waals surface area contributed by atoms with E-state index in [-0.39, 0.29) is 0 Å². The van der Waals surface area contributed by atoms with Crippen LogP contribution in [0.4, 0.5) is 0 Å². The van der Waals surface area contributed by atoms with Gasteiger partial charge in [-0.15, -0.1) is 0 Å². The molecule has 0 saturated carbocycles. The number of aryl methyl sites for hydroxylation is 1. The van der Waals surface area contributed by atoms with Crippen LogP contribution in [0.3, 0.4) is 0 Å². The molecule has 0 atom stereocenters. The molecule has 1 aromatic heterocycles. The Hall–Kier alpha value is -5.35. The van der Waals surface area contributed by atoms with Gasteiger partial charge in [0.05, 0.1) is 17.1 Å². The number of H-pyrrole nitrogens is 1. The van der Waals surface area contributed by atoms with E-state index in [1.54, 1.807) is 0 Å². The van der Waals surface area contributed by atoms with E-state index in [9.17, 15) is 0 Å². The van der Waals surface area contributed by atoms with Gasteiger partial charge in [-0.1, -0.05) is 146 Å². The lowest BCUT2D eigenvalue weighted by atomic mass is 9.77. The number of imidazole rings is 1. The van der Waals surface area contributed by atoms with E-state index in [4.69, 9.17) is 15.0 Å². The molecule has 5 aromatic carbocycles. The van der Waals surface area contributed by atoms with Crippen LogP contribution in [0.5, 0.6) is 0 Å². The summed E-state index contributed by atoms with van der Waals surface area (Å²) in [6.45, 7) is 2.12. The molecule has 4 heteroatoms. The quantitative estimate of drug-likeness (QED) is 0.232. The predicted octanol–water partition coefficient (Wildman–Crippen LogP) is 8.25. The van der Waals surface area contributed by atoms with Gasteiger partial charge in [-0.3, -0.25) is 0 Å². The summed E-state index contributed by atoms with van der Waals surface area (Å²) in [5.74, 6) is 1.22. The molecule has 1 aliphatic heterocycles. The molecular weight excluding hydrogens is 500 g/mol. The topological polar surface area (TPSA) is 53.4 Å². The molecule has 0 unspecified atom stereocenters. The number of amidine groups is 1. The fourth-order valence-corrected chi connectivity index (χ4v) is 5.66. The van der Waals surface area contributed by atoms with E-state index >= 15 is 0 Å². The number of aromatic amines is 1. The monoisotopic (exact) mass is 528 g/mol. The number of nitrogens with zero attached hydrogens (tertiary/aromatic N) is 3. The van der Waals surface area contributed by atoms with Crippen molar-refractivity contribution in [3.63, 3.8) is 0 Å². The van der Waals surface area contributed by atoms with E-state index in [2.05, 4.69) is 109 Å². The molecule has 2 heterocycles. The van der Waals surface area contributed by atoms with Gasteiger partial charge in [0.1, 0.15) is 0 Å². The summed E-state index contributed by atoms with van der Waals surface area (Å²) in [6, 6.07) is 49.9. The minimum absolute atomic E-state index is 0.577. The highest BCUT2D eigenvalue weighted by molar-refractivity contribution is 6.21. The van der Waals surface area contributed by atoms with Crippen LogP contribution >= 0.6 is 0 Å². The maximum absolute atomic E-state index is 5.47. The molecule has 0 radical (unpaired) electrons. The Balaban J connectivity index is 1.50. The average Bonchev–Trinajstić information content (AvgIpc) is 3.67. The van der Waals surface area contributed by atoms with Crippen molar-refractivity contribution in [2.45, 2.75) is 12.5 Å². The largest absolute Gasteiger partial charge is 0.335 e. The minimum Gasteiger partial charge on any atom is -0.335 e. The standard InChI is InChI=1S/C37H28N4/c1-26-16-14-15-25-31(26)33-32(27-17-6-2-7-18-27)38-35(39-33)36-40-34(28-19-8-3-9-20-28)37(41-36,29-21-10-4-11-22-29)30-23-12-5-13-24-30/h2-25H,1H3,(H,38,39). The molecule has 0 fully saturated rings. The number of hydrogen-bond acceptors (Lipinski definition) is 3. The van der Waals surface area contributed by atoms with Crippen LogP contribution < -0.4 is 0 Å². The number of aliphatic imine (C=N–C) groups is 2. The van der Waals surface area contributed by atoms with Gasteiger partial charge in [0.15, 0.2) is 17.2 Å². The fourth-order valence-electron chi connectivity index (χ4n) is 5.66. The summed E-state index contributed by atoms with van der Waals surface area (Å²) in [5, 5.41) is 0. The van der Waals surface area contributed by atoms with Gasteiger partial charge < -0.3 is 4.98 Å². The number of nitrogens with one attached hydrogen (secondary N) is 1. The normalized spacial score (nSPS) is 14.0. The lowest BCUT2D eigenvalue weighted by molar-refractivity contribution is 0.747. The number of hydrogen-bond donors (Lipinski definition) is 1. The van der Waals surface area contributed by atoms with Gasteiger partial charge in [-0.25, -0.2) is 15.0 Å². The lowest BCUT2D eigenvalue weighted by Gasteiger charge is -2.29. The zero-order valence-electron chi connectivity index (χ0n) is 22.7. The molecule has 0 aliphatic carbocycles. The highest BCUT2D eigenvalue weighted by atomic mass is 15.1. The predicted molar refractivity (Wildman–Crippen MR) is 167 cm³/mol. The number of rotatable bonds is 6. The SMILES string of the molecule is Cc1ccccc1-c1[nH]c(C2=NC(c3ccccc3)(c3ccccc3)C(c3ccccc3)=N2)nc1-c1ccccc1. The maximum Gasteiger partial charge on any atom is 0.193 e. The zero-order chi connectivity index (χ0) is 27.6. The van der Waals surface area contributed by atoms with Gasteiger partial charge in [0.25, 0.3) is 0 Å². The minimum atomic E-state index is -0.832. The fraction of sp³-hybridized carbons (Fsp3) is 0.0541. The Morgan fingerprint density at radius 2 is 1.07 bits per heavy atom. The lowest BCUT2D eigenvalue weighted by Crippen LogP contribution is -2.33. The highest BCUT2D eigenvalue weighted by Crippen LogP contribution is 2.42. The Bertz CT molecular complexity index is 1830. The second-order valence-corrected chi connectivity index (χ2v) is 10.2. The third-order valence-corrected chi connectivity index (χ3v) is 7.64. The highest BCUT2D eigenvalue weighted by Gasteiger charge is 2.45. The van der Waals surface area contributed by atoms with Crippen molar-refractivity contribution in [3.05, 3.63) is 174 Å². The first-order valence-corrected chi connectivity index (χ1v) is 13.8. The number of aromatic nitrogens is 2. The second kappa shape index (κ2) is 10.3. The molecule has 0 spiro atoms. The molecule has 1 aliphatic rings. The van der Waals surface area contributed by atoms with Crippen LogP contribution in [0.15, 0.2) is 156 Å². The van der Waals surface area contributed by atoms with E-state index in [0.717, 1.165) is 44.9 Å². The molecule has 7 rings (SSSR count). The second-order valence-electron chi connectivity index (χ2n) is 10.2. The van der Waals surface area contributed by atoms with Crippen molar-refractivity contribution in [2.24, 2.45) is 9.98 Å². The van der Waals surface area contributed by atoms with Crippen LogP contribution in [0.1, 0.15) is 28.1 Å². The summed E-state index contributed by atoms with van der Waals surface area (Å²) in [4.78, 5) is 19.6. The van der Waals surface area contributed by atoms with Crippen molar-refractivity contribution in [1.82, 2.24) is 9.97 Å². The Morgan fingerprint density at radius 1 is 0.561 bits per heavy atom. The van der Waals surface area contributed by atoms with Crippen LogP contribution in [-0.2, 0) is 5.54 Å². The van der Waals surface area contributed by atoms with Gasteiger partial charge in [-0.2, -0.15) is 0 Å². The van der Waals surface area contributed by atoms with Gasteiger partial charge in [-0.05, 0) is 29.2 Å². The van der Waals surface area contributed by atoms with E-state index in [0.29, 0.717) is 11.7 Å². The molecule has 1 N–H and O–H groups in total. The first-order valence-electron chi connectivity index (χ1n) is 13.8. The molecular formula is C37H28N4. The molecule has 41 heavy (non-hydrogen) atoms. The first-order chi connectivity index (χ1) is 20.2. The van der Waals surface area contributed by atoms with Crippen molar-refractivity contribution in [2.75, 3.05) is 0 Å². The molecule has 0 amide bonds. The summed E-state index contributed by atoms with van der Waals surface area (Å²) < 4.78 is 0. The molecule has 0 bridgehead atoms. The van der Waals surface area contributed by atoms with Gasteiger partial charge in [0, 0.05) is 11.1 Å². The zero-order valence-corrected chi connectivity index (χ0v) is 22.7. The van der Waals surface area contributed by atoms with Crippen LogP contribution in [0, 0.1) is 6.92 Å². The van der Waals surface area contributed by atoms with Crippen molar-refractivity contribution >= 4 is 11.5 Å². The first kappa shape index (κ1) is 24.7. The summed E-state index contributed by atoms with van der Waals surface area (Å²) >= 11 is 0. The van der Waals surface area contributed by atoms with Crippen molar-refractivity contribution in [3.8, 4) is 22.5 Å². The molecule has 6 aromatic rings. The molecule has 4 nitrogen and oxygen atoms in total. The van der Waals surface area contributed by atoms with Crippen molar-refractivity contribution < 1.29 is 0 Å². The van der Waals surface area contributed by atoms with Crippen LogP contribution in [0.25, 0.3) is 22.5 Å². The molecule has 0 saturated heterocycles. The summed E-state index contributed by atoms with van der Waals surface area (Å²) in [7, 11) is 0. The number of benzene rings is 5. The Labute approximate surface area is 239 Å². The smallest absolute Gasteiger partial charge is 0.193 e. The third kappa shape index (κ3) is 4.30. The average molecular weight is 529 g/mol. The third-order valence-electron chi connectivity index (χ3n) is 7.64. The van der Waals surface area contributed by atoms with Crippen LogP contribution in [-0.4, -0.2) is 21.5 Å². The maximum atomic E-state index is 5.47. The van der Waals surface area contributed by atoms with Crippen molar-refractivity contribution in [1.29, 1.82) is 0 Å². The Kier molecular flexibility index (Phi) is 6.21. The van der Waals surface area contributed by atoms with E-state index < -0.39 is 5.54 Å². The van der Waals surface area contributed by atoms with E-state index in [1.165, 1.54) is 5.56 Å². The summed E-state index contributed by atoms with van der Waals surface area (Å²) in [5.41, 5.74) is 8.33. The van der Waals surface area contributed by atoms with Gasteiger partial charge >= 0.3 is 0 Å². The van der Waals surface area contributed by atoms with E-state index in [1.807, 2.05) is 48.5 Å². The molecule has 196 valence electrons. The Morgan fingerprint density at radius 3 is 1.66 bits per heavy atom. The van der Waals surface area contributed by atoms with Gasteiger partial charge in [0.2, 0.25) is 0 Å². The van der Waals surface area contributed by atoms with Crippen LogP contribution in [0.2, 0.25) is 0 Å².